The summed E-state index contributed by atoms with van der Waals surface area (Å²) in [6, 6.07) is 32.7. The minimum Gasteiger partial charge on any atom is -0.497 e. The molecule has 0 radical (unpaired) electrons. The predicted molar refractivity (Wildman–Crippen MR) is 224 cm³/mol. The molecule has 0 N–H and O–H groups in total. The van der Waals surface area contributed by atoms with Crippen LogP contribution in [0.1, 0.15) is 73.3 Å². The zero-order valence-corrected chi connectivity index (χ0v) is 36.0. The van der Waals surface area contributed by atoms with Gasteiger partial charge in [0.15, 0.2) is 8.32 Å². The van der Waals surface area contributed by atoms with Gasteiger partial charge >= 0.3 is 0 Å². The van der Waals surface area contributed by atoms with Crippen LogP contribution in [0.4, 0.5) is 0 Å². The Kier molecular flexibility index (Phi) is 16.0. The Morgan fingerprint density at radius 3 is 1.86 bits per heavy atom. The number of ketones is 1. The van der Waals surface area contributed by atoms with Gasteiger partial charge in [-0.15, -0.1) is 23.5 Å². The van der Waals surface area contributed by atoms with Crippen molar-refractivity contribution in [2.75, 3.05) is 31.8 Å². The van der Waals surface area contributed by atoms with Crippen molar-refractivity contribution in [3.63, 3.8) is 0 Å². The smallest absolute Gasteiger partial charge is 0.261 e. The molecule has 280 valence electrons. The number of carbonyl (C=O) groups excluding carboxylic acids is 1. The third kappa shape index (κ3) is 10.9. The van der Waals surface area contributed by atoms with Crippen LogP contribution in [0.15, 0.2) is 84.9 Å². The van der Waals surface area contributed by atoms with Crippen molar-refractivity contribution >= 4 is 56.3 Å². The molecule has 0 spiro atoms. The molecule has 5 nitrogen and oxygen atoms in total. The fraction of sp³-hybridized carbons (Fsp3) is 0.548. The first-order valence-electron chi connectivity index (χ1n) is 18.9. The first-order valence-corrected chi connectivity index (χ1v) is 25.3. The van der Waals surface area contributed by atoms with E-state index in [4.69, 9.17) is 18.3 Å². The number of carbonyl (C=O) groups is 1. The molecule has 0 aliphatic carbocycles. The molecular formula is C42H62O5S2Si2. The molecule has 1 aliphatic rings. The van der Waals surface area contributed by atoms with Crippen molar-refractivity contribution in [2.24, 2.45) is 5.92 Å². The number of rotatable bonds is 20. The number of thioether (sulfide) groups is 2. The Hall–Kier alpha value is -1.86. The lowest BCUT2D eigenvalue weighted by atomic mass is 10.0. The summed E-state index contributed by atoms with van der Waals surface area (Å²) in [4.78, 5) is 14.4. The Balaban J connectivity index is 1.54. The molecule has 0 unspecified atom stereocenters. The van der Waals surface area contributed by atoms with E-state index >= 15 is 0 Å². The largest absolute Gasteiger partial charge is 0.497 e. The zero-order chi connectivity index (χ0) is 37.0. The summed E-state index contributed by atoms with van der Waals surface area (Å²) in [5.74, 6) is 3.01. The van der Waals surface area contributed by atoms with E-state index in [0.29, 0.717) is 26.2 Å². The number of hydrogen-bond acceptors (Lipinski definition) is 7. The highest BCUT2D eigenvalue weighted by molar-refractivity contribution is 8.18. The van der Waals surface area contributed by atoms with E-state index in [1.165, 1.54) is 10.4 Å². The molecule has 1 heterocycles. The van der Waals surface area contributed by atoms with Crippen molar-refractivity contribution in [1.82, 2.24) is 0 Å². The standard InChI is InChI=1S/C42H62O5S2Si2/c1-9-50(10-2,11-3)47-37(33-45-32-35-23-25-36(44-8)26-24-35)29-42(48-27-18-28-49-42)30-40(43)34(4)31-46-51(41(5,6)7,38-19-14-12-15-20-38)39-21-16-13-17-22-39/h12-17,19-26,34,37H,9-11,18,27-33H2,1-8H3/t34-,37+/m1/s1. The fourth-order valence-corrected chi connectivity index (χ4v) is 18.3. The zero-order valence-electron chi connectivity index (χ0n) is 32.4. The van der Waals surface area contributed by atoms with Crippen LogP contribution in [-0.4, -0.2) is 64.4 Å². The molecule has 9 heteroatoms. The van der Waals surface area contributed by atoms with Crippen molar-refractivity contribution in [3.05, 3.63) is 90.5 Å². The Bertz CT molecular complexity index is 1410. The summed E-state index contributed by atoms with van der Waals surface area (Å²) in [6.45, 7) is 17.2. The van der Waals surface area contributed by atoms with E-state index < -0.39 is 16.6 Å². The summed E-state index contributed by atoms with van der Waals surface area (Å²) >= 11 is 3.93. The molecule has 0 amide bonds. The lowest BCUT2D eigenvalue weighted by molar-refractivity contribution is -0.123. The molecule has 3 aromatic carbocycles. The minimum atomic E-state index is -2.74. The maximum Gasteiger partial charge on any atom is 0.261 e. The van der Waals surface area contributed by atoms with Crippen LogP contribution in [-0.2, 0) is 25.0 Å². The van der Waals surface area contributed by atoms with Crippen LogP contribution in [0.25, 0.3) is 0 Å². The summed E-state index contributed by atoms with van der Waals surface area (Å²) in [5, 5.41) is 2.34. The molecule has 51 heavy (non-hydrogen) atoms. The third-order valence-electron chi connectivity index (χ3n) is 10.6. The van der Waals surface area contributed by atoms with Gasteiger partial charge in [0.2, 0.25) is 0 Å². The Morgan fingerprint density at radius 1 is 0.824 bits per heavy atom. The van der Waals surface area contributed by atoms with Crippen LogP contribution in [0, 0.1) is 5.92 Å². The monoisotopic (exact) mass is 766 g/mol. The average molecular weight is 767 g/mol. The predicted octanol–water partition coefficient (Wildman–Crippen LogP) is 9.73. The van der Waals surface area contributed by atoms with E-state index in [-0.39, 0.29) is 26.9 Å². The van der Waals surface area contributed by atoms with Gasteiger partial charge in [-0.25, -0.2) is 0 Å². The van der Waals surface area contributed by atoms with Gasteiger partial charge in [0, 0.05) is 18.9 Å². The molecule has 1 saturated heterocycles. The first-order chi connectivity index (χ1) is 24.4. The van der Waals surface area contributed by atoms with Gasteiger partial charge in [-0.05, 0) is 75.6 Å². The number of methoxy groups -OCH3 is 1. The van der Waals surface area contributed by atoms with Crippen LogP contribution >= 0.6 is 23.5 Å². The van der Waals surface area contributed by atoms with Crippen LogP contribution in [0.3, 0.4) is 0 Å². The minimum absolute atomic E-state index is 0.0654. The van der Waals surface area contributed by atoms with Crippen molar-refractivity contribution < 1.29 is 23.1 Å². The van der Waals surface area contributed by atoms with Crippen LogP contribution < -0.4 is 15.1 Å². The molecule has 4 rings (SSSR count). The summed E-state index contributed by atoms with van der Waals surface area (Å²) in [7, 11) is -2.99. The second kappa shape index (κ2) is 19.5. The van der Waals surface area contributed by atoms with Crippen molar-refractivity contribution in [3.8, 4) is 5.75 Å². The highest BCUT2D eigenvalue weighted by Crippen LogP contribution is 2.49. The van der Waals surface area contributed by atoms with E-state index in [9.17, 15) is 4.79 Å². The molecule has 1 fully saturated rings. The van der Waals surface area contributed by atoms with Crippen molar-refractivity contribution in [1.29, 1.82) is 0 Å². The molecule has 3 aromatic rings. The van der Waals surface area contributed by atoms with E-state index in [2.05, 4.69) is 121 Å². The second-order valence-corrected chi connectivity index (χ2v) is 27.3. The average Bonchev–Trinajstić information content (AvgIpc) is 3.15. The van der Waals surface area contributed by atoms with Gasteiger partial charge in [0.05, 0.1) is 30.5 Å². The first kappa shape index (κ1) is 41.9. The van der Waals surface area contributed by atoms with Gasteiger partial charge in [-0.2, -0.15) is 0 Å². The number of benzene rings is 3. The van der Waals surface area contributed by atoms with Gasteiger partial charge in [0.25, 0.3) is 8.32 Å². The van der Waals surface area contributed by atoms with Crippen LogP contribution in [0.5, 0.6) is 5.75 Å². The fourth-order valence-electron chi connectivity index (χ4n) is 7.32. The molecule has 0 bridgehead atoms. The highest BCUT2D eigenvalue weighted by atomic mass is 32.2. The van der Waals surface area contributed by atoms with E-state index in [0.717, 1.165) is 53.8 Å². The molecule has 0 aromatic heterocycles. The summed E-state index contributed by atoms with van der Waals surface area (Å²) in [6.07, 6.45) is 2.40. The number of hydrogen-bond donors (Lipinski definition) is 0. The maximum absolute atomic E-state index is 14.4. The van der Waals surface area contributed by atoms with Gasteiger partial charge < -0.3 is 18.3 Å². The highest BCUT2D eigenvalue weighted by Gasteiger charge is 2.50. The van der Waals surface area contributed by atoms with Crippen LogP contribution in [0.2, 0.25) is 23.2 Å². The summed E-state index contributed by atoms with van der Waals surface area (Å²) < 4.78 is 25.9. The summed E-state index contributed by atoms with van der Waals surface area (Å²) in [5.41, 5.74) is 1.11. The lowest BCUT2D eigenvalue weighted by Gasteiger charge is -2.44. The van der Waals surface area contributed by atoms with Crippen molar-refractivity contribution in [2.45, 2.75) is 108 Å². The number of ether oxygens (including phenoxy) is 2. The van der Waals surface area contributed by atoms with E-state index in [1.54, 1.807) is 7.11 Å². The quantitative estimate of drug-likeness (QED) is 0.106. The Labute approximate surface area is 319 Å². The number of Topliss-reactive ketones (excluding diaryl/α,β-unsaturated/α-hetero) is 1. The molecule has 2 atom stereocenters. The van der Waals surface area contributed by atoms with Gasteiger partial charge in [-0.3, -0.25) is 4.79 Å². The van der Waals surface area contributed by atoms with Gasteiger partial charge in [-0.1, -0.05) is 121 Å². The molecule has 0 saturated carbocycles. The van der Waals surface area contributed by atoms with Gasteiger partial charge in [0.1, 0.15) is 11.5 Å². The Morgan fingerprint density at radius 2 is 1.37 bits per heavy atom. The molecular weight excluding hydrogens is 705 g/mol. The van der Waals surface area contributed by atoms with E-state index in [1.807, 2.05) is 35.7 Å². The second-order valence-electron chi connectivity index (χ2n) is 15.0. The maximum atomic E-state index is 14.4. The normalized spacial score (nSPS) is 16.4. The topological polar surface area (TPSA) is 54.0 Å². The SMILES string of the molecule is CC[Si](CC)(CC)O[C@H](COCc1ccc(OC)cc1)CC1(CC(=O)[C@H](C)CO[Si](c2ccccc2)(c2ccccc2)C(C)(C)C)SCCCS1. The molecule has 1 aliphatic heterocycles. The lowest BCUT2D eigenvalue weighted by Crippen LogP contribution is -2.67. The third-order valence-corrected chi connectivity index (χ3v) is 23.7.